The molecule has 1 aliphatic rings. The number of carbonyl (C=O) groups excluding carboxylic acids is 1. The van der Waals surface area contributed by atoms with Crippen molar-refractivity contribution < 1.29 is 9.53 Å². The number of nitrogens with one attached hydrogen (secondary N) is 2. The first-order valence-electron chi connectivity index (χ1n) is 8.50. The minimum atomic E-state index is -0.0382. The van der Waals surface area contributed by atoms with Crippen molar-refractivity contribution in [1.29, 1.82) is 0 Å². The van der Waals surface area contributed by atoms with Gasteiger partial charge in [0.2, 0.25) is 5.91 Å². The van der Waals surface area contributed by atoms with Gasteiger partial charge in [-0.1, -0.05) is 18.2 Å². The number of benzene rings is 2. The first-order chi connectivity index (χ1) is 12.1. The van der Waals surface area contributed by atoms with E-state index in [1.165, 1.54) is 18.4 Å². The topological polar surface area (TPSA) is 50.4 Å². The van der Waals surface area contributed by atoms with Crippen LogP contribution in [0.5, 0.6) is 5.75 Å². The molecule has 1 saturated carbocycles. The Hall–Kier alpha value is -1.85. The van der Waals surface area contributed by atoms with Gasteiger partial charge in [-0.3, -0.25) is 4.79 Å². The summed E-state index contributed by atoms with van der Waals surface area (Å²) in [5.74, 6) is 1.41. The first-order valence-corrected chi connectivity index (χ1v) is 9.29. The molecule has 0 radical (unpaired) electrons. The van der Waals surface area contributed by atoms with Crippen LogP contribution in [0, 0.1) is 12.8 Å². The molecule has 1 aliphatic carbocycles. The number of methoxy groups -OCH3 is 1. The van der Waals surface area contributed by atoms with E-state index in [1.54, 1.807) is 7.11 Å². The van der Waals surface area contributed by atoms with Crippen molar-refractivity contribution in [3.63, 3.8) is 0 Å². The lowest BCUT2D eigenvalue weighted by Gasteiger charge is -2.19. The quantitative estimate of drug-likeness (QED) is 0.719. The number of hydrogen-bond acceptors (Lipinski definition) is 3. The van der Waals surface area contributed by atoms with Gasteiger partial charge in [0.1, 0.15) is 5.75 Å². The Bertz CT molecular complexity index is 742. The monoisotopic (exact) mass is 402 g/mol. The Balaban J connectivity index is 1.60. The molecule has 3 rings (SSSR count). The predicted molar refractivity (Wildman–Crippen MR) is 104 cm³/mol. The van der Waals surface area contributed by atoms with E-state index in [9.17, 15) is 4.79 Å². The largest absolute Gasteiger partial charge is 0.497 e. The molecule has 2 N–H and O–H groups in total. The average molecular weight is 403 g/mol. The third-order valence-corrected chi connectivity index (χ3v) is 5.11. The minimum Gasteiger partial charge on any atom is -0.497 e. The van der Waals surface area contributed by atoms with Crippen molar-refractivity contribution in [1.82, 2.24) is 5.32 Å². The zero-order valence-electron chi connectivity index (χ0n) is 14.5. The number of aryl methyl sites for hydroxylation is 1. The van der Waals surface area contributed by atoms with Gasteiger partial charge in [0.05, 0.1) is 19.3 Å². The van der Waals surface area contributed by atoms with Crippen LogP contribution in [0.1, 0.15) is 30.0 Å². The second-order valence-electron chi connectivity index (χ2n) is 6.50. The van der Waals surface area contributed by atoms with Crippen LogP contribution in [-0.4, -0.2) is 19.6 Å². The summed E-state index contributed by atoms with van der Waals surface area (Å²) < 4.78 is 6.12. The highest BCUT2D eigenvalue weighted by Gasteiger charge is 2.32. The molecule has 25 heavy (non-hydrogen) atoms. The number of carbonyl (C=O) groups is 1. The van der Waals surface area contributed by atoms with Crippen LogP contribution in [0.2, 0.25) is 0 Å². The predicted octanol–water partition coefficient (Wildman–Crippen LogP) is 4.45. The lowest BCUT2D eigenvalue weighted by Crippen LogP contribution is -2.32. The molecule has 4 nitrogen and oxygen atoms in total. The van der Waals surface area contributed by atoms with Gasteiger partial charge in [0.15, 0.2) is 0 Å². The molecule has 1 amide bonds. The smallest absolute Gasteiger partial charge is 0.238 e. The standard InChI is InChI=1S/C20H23BrN2O2/c1-13-3-10-18(17(21)11-13)23-19(24)12-22-20(14-4-5-14)15-6-8-16(25-2)9-7-15/h3,6-11,14,20,22H,4-5,12H2,1-2H3,(H,23,24). The third-order valence-electron chi connectivity index (χ3n) is 4.45. The van der Waals surface area contributed by atoms with Crippen LogP contribution in [0.3, 0.4) is 0 Å². The first kappa shape index (κ1) is 18.0. The minimum absolute atomic E-state index is 0.0382. The summed E-state index contributed by atoms with van der Waals surface area (Å²) in [6, 6.07) is 14.2. The summed E-state index contributed by atoms with van der Waals surface area (Å²) in [6.07, 6.45) is 2.41. The maximum absolute atomic E-state index is 12.3. The molecule has 1 fully saturated rings. The zero-order valence-corrected chi connectivity index (χ0v) is 16.1. The Morgan fingerprint density at radius 2 is 1.96 bits per heavy atom. The fourth-order valence-electron chi connectivity index (χ4n) is 2.92. The highest BCUT2D eigenvalue weighted by Crippen LogP contribution is 2.41. The lowest BCUT2D eigenvalue weighted by molar-refractivity contribution is -0.115. The Labute approximate surface area is 157 Å². The molecule has 0 aliphatic heterocycles. The summed E-state index contributed by atoms with van der Waals surface area (Å²) in [5.41, 5.74) is 3.15. The van der Waals surface area contributed by atoms with Gasteiger partial charge in [0, 0.05) is 10.5 Å². The number of ether oxygens (including phenoxy) is 1. The molecule has 2 aromatic rings. The van der Waals surface area contributed by atoms with Gasteiger partial charge in [-0.15, -0.1) is 0 Å². The van der Waals surface area contributed by atoms with Crippen molar-refractivity contribution in [2.45, 2.75) is 25.8 Å². The van der Waals surface area contributed by atoms with Crippen molar-refractivity contribution in [2.75, 3.05) is 19.0 Å². The van der Waals surface area contributed by atoms with E-state index in [4.69, 9.17) is 4.74 Å². The van der Waals surface area contributed by atoms with Crippen molar-refractivity contribution in [2.24, 2.45) is 5.92 Å². The van der Waals surface area contributed by atoms with E-state index in [0.717, 1.165) is 21.5 Å². The average Bonchev–Trinajstić information content (AvgIpc) is 3.43. The SMILES string of the molecule is COc1ccc(C(NCC(=O)Nc2ccc(C)cc2Br)C2CC2)cc1. The van der Waals surface area contributed by atoms with Crippen LogP contribution in [0.4, 0.5) is 5.69 Å². The van der Waals surface area contributed by atoms with Crippen molar-refractivity contribution in [3.05, 3.63) is 58.1 Å². The molecule has 2 aromatic carbocycles. The van der Waals surface area contributed by atoms with E-state index < -0.39 is 0 Å². The molecule has 0 bridgehead atoms. The molecular weight excluding hydrogens is 380 g/mol. The summed E-state index contributed by atoms with van der Waals surface area (Å²) in [7, 11) is 1.67. The van der Waals surface area contributed by atoms with E-state index in [2.05, 4.69) is 38.7 Å². The van der Waals surface area contributed by atoms with Gasteiger partial charge in [0.25, 0.3) is 0 Å². The van der Waals surface area contributed by atoms with E-state index in [0.29, 0.717) is 5.92 Å². The molecule has 1 atom stereocenters. The van der Waals surface area contributed by atoms with Crippen molar-refractivity contribution >= 4 is 27.5 Å². The molecule has 1 unspecified atom stereocenters. The van der Waals surface area contributed by atoms with Crippen molar-refractivity contribution in [3.8, 4) is 5.75 Å². The maximum Gasteiger partial charge on any atom is 0.238 e. The summed E-state index contributed by atoms with van der Waals surface area (Å²) >= 11 is 3.49. The van der Waals surface area contributed by atoms with Gasteiger partial charge in [-0.25, -0.2) is 0 Å². The summed E-state index contributed by atoms with van der Waals surface area (Å²) in [4.78, 5) is 12.3. The van der Waals surface area contributed by atoms with E-state index in [1.807, 2.05) is 37.3 Å². The second-order valence-corrected chi connectivity index (χ2v) is 7.35. The van der Waals surface area contributed by atoms with Crippen LogP contribution < -0.4 is 15.4 Å². The molecule has 0 saturated heterocycles. The fourth-order valence-corrected chi connectivity index (χ4v) is 3.51. The second kappa shape index (κ2) is 8.02. The molecule has 0 spiro atoms. The van der Waals surface area contributed by atoms with Gasteiger partial charge >= 0.3 is 0 Å². The van der Waals surface area contributed by atoms with Crippen LogP contribution in [0.25, 0.3) is 0 Å². The zero-order chi connectivity index (χ0) is 17.8. The Kier molecular flexibility index (Phi) is 5.76. The number of rotatable bonds is 7. The number of amides is 1. The molecular formula is C20H23BrN2O2. The summed E-state index contributed by atoms with van der Waals surface area (Å²) in [6.45, 7) is 2.31. The number of halogens is 1. The lowest BCUT2D eigenvalue weighted by atomic mass is 10.0. The van der Waals surface area contributed by atoms with E-state index in [-0.39, 0.29) is 18.5 Å². The van der Waals surface area contributed by atoms with E-state index >= 15 is 0 Å². The van der Waals surface area contributed by atoms with Gasteiger partial charge in [-0.2, -0.15) is 0 Å². The van der Waals surface area contributed by atoms with Crippen LogP contribution in [-0.2, 0) is 4.79 Å². The molecule has 132 valence electrons. The Morgan fingerprint density at radius 3 is 2.56 bits per heavy atom. The number of hydrogen-bond donors (Lipinski definition) is 2. The van der Waals surface area contributed by atoms with Crippen LogP contribution in [0.15, 0.2) is 46.9 Å². The van der Waals surface area contributed by atoms with Gasteiger partial charge < -0.3 is 15.4 Å². The fraction of sp³-hybridized carbons (Fsp3) is 0.350. The molecule has 5 heteroatoms. The third kappa shape index (κ3) is 4.83. The highest BCUT2D eigenvalue weighted by atomic mass is 79.9. The molecule has 0 heterocycles. The Morgan fingerprint density at radius 1 is 1.24 bits per heavy atom. The summed E-state index contributed by atoms with van der Waals surface area (Å²) in [5, 5.41) is 6.37. The van der Waals surface area contributed by atoms with Gasteiger partial charge in [-0.05, 0) is 77.0 Å². The normalized spacial score (nSPS) is 14.8. The maximum atomic E-state index is 12.3. The molecule has 0 aromatic heterocycles. The highest BCUT2D eigenvalue weighted by molar-refractivity contribution is 9.10. The van der Waals surface area contributed by atoms with Crippen LogP contribution >= 0.6 is 15.9 Å². The number of anilines is 1.